The van der Waals surface area contributed by atoms with Crippen LogP contribution in [0.15, 0.2) is 33.2 Å². The van der Waals surface area contributed by atoms with Crippen molar-refractivity contribution in [1.82, 2.24) is 9.97 Å². The number of aromatic carboxylic acids is 1. The number of aryl methyl sites for hydroxylation is 1. The first-order chi connectivity index (χ1) is 9.61. The van der Waals surface area contributed by atoms with Gasteiger partial charge in [0.15, 0.2) is 11.3 Å². The minimum Gasteiger partial charge on any atom is -0.476 e. The highest BCUT2D eigenvalue weighted by atomic mass is 32.2. The van der Waals surface area contributed by atoms with E-state index in [1.807, 2.05) is 25.1 Å². The number of oxazole rings is 1. The van der Waals surface area contributed by atoms with Gasteiger partial charge in [-0.15, -0.1) is 11.3 Å². The van der Waals surface area contributed by atoms with Gasteiger partial charge in [0.25, 0.3) is 5.22 Å². The number of hydrogen-bond acceptors (Lipinski definition) is 6. The summed E-state index contributed by atoms with van der Waals surface area (Å²) in [5, 5.41) is 11.7. The molecule has 0 amide bonds. The number of hydrogen-bond donors (Lipinski definition) is 1. The Labute approximate surface area is 122 Å². The first-order valence-electron chi connectivity index (χ1n) is 5.79. The molecule has 0 atom stereocenters. The lowest BCUT2D eigenvalue weighted by atomic mass is 10.2. The number of thioether (sulfide) groups is 1. The van der Waals surface area contributed by atoms with E-state index in [1.165, 1.54) is 28.5 Å². The van der Waals surface area contributed by atoms with Gasteiger partial charge in [0, 0.05) is 5.38 Å². The third kappa shape index (κ3) is 2.68. The third-order valence-corrected chi connectivity index (χ3v) is 4.48. The van der Waals surface area contributed by atoms with Crippen molar-refractivity contribution in [3.8, 4) is 0 Å². The second kappa shape index (κ2) is 5.26. The third-order valence-electron chi connectivity index (χ3n) is 2.61. The predicted molar refractivity (Wildman–Crippen MR) is 77.4 cm³/mol. The Morgan fingerprint density at radius 3 is 3.05 bits per heavy atom. The monoisotopic (exact) mass is 306 g/mol. The van der Waals surface area contributed by atoms with E-state index < -0.39 is 5.97 Å². The molecule has 0 aliphatic rings. The number of benzene rings is 1. The Morgan fingerprint density at radius 1 is 1.45 bits per heavy atom. The van der Waals surface area contributed by atoms with E-state index in [-0.39, 0.29) is 5.69 Å². The molecular weight excluding hydrogens is 296 g/mol. The molecule has 0 unspecified atom stereocenters. The van der Waals surface area contributed by atoms with Gasteiger partial charge in [-0.25, -0.2) is 14.8 Å². The number of aromatic nitrogens is 2. The minimum absolute atomic E-state index is 0.0822. The highest BCUT2D eigenvalue weighted by Gasteiger charge is 2.11. The van der Waals surface area contributed by atoms with E-state index in [9.17, 15) is 4.79 Å². The van der Waals surface area contributed by atoms with Crippen LogP contribution in [0.25, 0.3) is 11.1 Å². The number of carboxylic acid groups (broad SMARTS) is 1. The molecule has 20 heavy (non-hydrogen) atoms. The topological polar surface area (TPSA) is 76.2 Å². The lowest BCUT2D eigenvalue weighted by Crippen LogP contribution is -1.96. The van der Waals surface area contributed by atoms with Crippen LogP contribution in [-0.2, 0) is 5.75 Å². The van der Waals surface area contributed by atoms with Crippen molar-refractivity contribution in [2.45, 2.75) is 17.9 Å². The van der Waals surface area contributed by atoms with E-state index in [4.69, 9.17) is 9.52 Å². The molecule has 7 heteroatoms. The van der Waals surface area contributed by atoms with Gasteiger partial charge >= 0.3 is 5.97 Å². The zero-order valence-corrected chi connectivity index (χ0v) is 12.1. The van der Waals surface area contributed by atoms with Gasteiger partial charge in [-0.3, -0.25) is 0 Å². The SMILES string of the molecule is Cc1ccc2oc(SCc3nc(C(=O)O)cs3)nc2c1. The highest BCUT2D eigenvalue weighted by Crippen LogP contribution is 2.27. The molecule has 0 aliphatic heterocycles. The first kappa shape index (κ1) is 13.1. The zero-order chi connectivity index (χ0) is 14.1. The van der Waals surface area contributed by atoms with Gasteiger partial charge in [0.2, 0.25) is 0 Å². The molecule has 1 aromatic carbocycles. The summed E-state index contributed by atoms with van der Waals surface area (Å²) in [5.74, 6) is -0.459. The molecule has 5 nitrogen and oxygen atoms in total. The van der Waals surface area contributed by atoms with E-state index in [2.05, 4.69) is 9.97 Å². The average molecular weight is 306 g/mol. The highest BCUT2D eigenvalue weighted by molar-refractivity contribution is 7.98. The molecule has 2 heterocycles. The number of carboxylic acids is 1. The lowest BCUT2D eigenvalue weighted by molar-refractivity contribution is 0.0691. The van der Waals surface area contributed by atoms with Crippen molar-refractivity contribution >= 4 is 40.2 Å². The molecule has 0 radical (unpaired) electrons. The van der Waals surface area contributed by atoms with Crippen LogP contribution >= 0.6 is 23.1 Å². The van der Waals surface area contributed by atoms with Crippen molar-refractivity contribution in [2.75, 3.05) is 0 Å². The molecule has 0 saturated heterocycles. The van der Waals surface area contributed by atoms with Gasteiger partial charge in [-0.1, -0.05) is 17.8 Å². The first-order valence-corrected chi connectivity index (χ1v) is 7.66. The maximum atomic E-state index is 10.7. The summed E-state index contributed by atoms with van der Waals surface area (Å²) in [4.78, 5) is 19.2. The van der Waals surface area contributed by atoms with Crippen LogP contribution in [0.3, 0.4) is 0 Å². The molecule has 2 aromatic heterocycles. The van der Waals surface area contributed by atoms with Gasteiger partial charge in [-0.2, -0.15) is 0 Å². The molecule has 0 bridgehead atoms. The molecule has 0 saturated carbocycles. The second-order valence-corrected chi connectivity index (χ2v) is 6.04. The molecule has 1 N–H and O–H groups in total. The van der Waals surface area contributed by atoms with Gasteiger partial charge < -0.3 is 9.52 Å². The zero-order valence-electron chi connectivity index (χ0n) is 10.5. The summed E-state index contributed by atoms with van der Waals surface area (Å²) in [6, 6.07) is 5.84. The Kier molecular flexibility index (Phi) is 3.45. The van der Waals surface area contributed by atoms with Gasteiger partial charge in [0.05, 0.1) is 5.75 Å². The van der Waals surface area contributed by atoms with E-state index in [0.717, 1.165) is 21.7 Å². The Bertz CT molecular complexity index is 779. The molecule has 0 spiro atoms. The quantitative estimate of drug-likeness (QED) is 0.742. The van der Waals surface area contributed by atoms with E-state index in [0.29, 0.717) is 11.0 Å². The smallest absolute Gasteiger partial charge is 0.355 e. The number of rotatable bonds is 4. The van der Waals surface area contributed by atoms with Crippen molar-refractivity contribution in [2.24, 2.45) is 0 Å². The summed E-state index contributed by atoms with van der Waals surface area (Å²) in [7, 11) is 0. The summed E-state index contributed by atoms with van der Waals surface area (Å²) in [6.07, 6.45) is 0. The van der Waals surface area contributed by atoms with Crippen molar-refractivity contribution < 1.29 is 14.3 Å². The lowest BCUT2D eigenvalue weighted by Gasteiger charge is -1.91. The molecule has 102 valence electrons. The van der Waals surface area contributed by atoms with Crippen LogP contribution in [0.5, 0.6) is 0 Å². The van der Waals surface area contributed by atoms with Crippen molar-refractivity contribution in [3.05, 3.63) is 39.8 Å². The molecule has 0 fully saturated rings. The molecule has 3 rings (SSSR count). The maximum Gasteiger partial charge on any atom is 0.355 e. The largest absolute Gasteiger partial charge is 0.476 e. The summed E-state index contributed by atoms with van der Waals surface area (Å²) in [6.45, 7) is 2.00. The van der Waals surface area contributed by atoms with Crippen LogP contribution in [0, 0.1) is 6.92 Å². The summed E-state index contributed by atoms with van der Waals surface area (Å²) < 4.78 is 5.61. The maximum absolute atomic E-state index is 10.7. The van der Waals surface area contributed by atoms with Crippen LogP contribution in [0.4, 0.5) is 0 Å². The predicted octanol–water partition coefficient (Wildman–Crippen LogP) is 3.58. The molecular formula is C13H10N2O3S2. The second-order valence-electron chi connectivity index (χ2n) is 4.17. The minimum atomic E-state index is -1.00. The number of nitrogens with zero attached hydrogens (tertiary/aromatic N) is 2. The van der Waals surface area contributed by atoms with Crippen molar-refractivity contribution in [3.63, 3.8) is 0 Å². The normalized spacial score (nSPS) is 11.1. The number of carbonyl (C=O) groups is 1. The Morgan fingerprint density at radius 2 is 2.30 bits per heavy atom. The van der Waals surface area contributed by atoms with Gasteiger partial charge in [-0.05, 0) is 24.6 Å². The molecule has 3 aromatic rings. The summed E-state index contributed by atoms with van der Waals surface area (Å²) >= 11 is 2.73. The van der Waals surface area contributed by atoms with Gasteiger partial charge in [0.1, 0.15) is 10.5 Å². The summed E-state index contributed by atoms with van der Waals surface area (Å²) in [5.41, 5.74) is 2.80. The van der Waals surface area contributed by atoms with E-state index >= 15 is 0 Å². The van der Waals surface area contributed by atoms with Crippen molar-refractivity contribution in [1.29, 1.82) is 0 Å². The Balaban J connectivity index is 1.74. The van der Waals surface area contributed by atoms with E-state index in [1.54, 1.807) is 0 Å². The average Bonchev–Trinajstić information content (AvgIpc) is 3.01. The van der Waals surface area contributed by atoms with Crippen LogP contribution in [0.2, 0.25) is 0 Å². The fourth-order valence-electron chi connectivity index (χ4n) is 1.68. The number of thiazole rings is 1. The standard InChI is InChI=1S/C13H10N2O3S2/c1-7-2-3-10-8(4-7)15-13(18-10)20-6-11-14-9(5-19-11)12(16)17/h2-5H,6H2,1H3,(H,16,17). The fraction of sp³-hybridized carbons (Fsp3) is 0.154. The number of fused-ring (bicyclic) bond motifs is 1. The molecule has 0 aliphatic carbocycles. The van der Waals surface area contributed by atoms with Crippen LogP contribution in [-0.4, -0.2) is 21.0 Å². The van der Waals surface area contributed by atoms with Crippen LogP contribution in [0.1, 0.15) is 21.1 Å². The van der Waals surface area contributed by atoms with Crippen LogP contribution < -0.4 is 0 Å². The Hall–Kier alpha value is -1.86. The fourth-order valence-corrected chi connectivity index (χ4v) is 3.30.